The first-order valence-corrected chi connectivity index (χ1v) is 11.9. The van der Waals surface area contributed by atoms with Crippen LogP contribution in [0.5, 0.6) is 11.5 Å². The van der Waals surface area contributed by atoms with Crippen molar-refractivity contribution in [1.82, 2.24) is 4.98 Å². The van der Waals surface area contributed by atoms with Gasteiger partial charge in [-0.2, -0.15) is 0 Å². The van der Waals surface area contributed by atoms with Crippen LogP contribution >= 0.6 is 0 Å². The summed E-state index contributed by atoms with van der Waals surface area (Å²) in [6, 6.07) is 8.05. The Kier molecular flexibility index (Phi) is 10.3. The maximum atomic E-state index is 10.7. The minimum Gasteiger partial charge on any atom is -0.493 e. The van der Waals surface area contributed by atoms with Crippen molar-refractivity contribution in [3.05, 3.63) is 54.3 Å². The average molecular weight is 468 g/mol. The van der Waals surface area contributed by atoms with Crippen LogP contribution in [0.4, 0.5) is 0 Å². The summed E-state index contributed by atoms with van der Waals surface area (Å²) in [5, 5.41) is 8.80. The molecule has 0 amide bonds. The topological polar surface area (TPSA) is 97.8 Å². The zero-order chi connectivity index (χ0) is 24.0. The highest BCUT2D eigenvalue weighted by Gasteiger charge is 2.18. The Balaban J connectivity index is 1.72. The van der Waals surface area contributed by atoms with Gasteiger partial charge in [0.05, 0.1) is 19.8 Å². The van der Waals surface area contributed by atoms with E-state index in [9.17, 15) is 9.59 Å². The Labute approximate surface area is 200 Å². The highest BCUT2D eigenvalue weighted by Crippen LogP contribution is 2.40. The van der Waals surface area contributed by atoms with Gasteiger partial charge in [0.15, 0.2) is 0 Å². The maximum Gasteiger partial charge on any atom is 0.303 e. The number of aromatic nitrogens is 1. The molecule has 0 saturated carbocycles. The Hall–Kier alpha value is -3.48. The van der Waals surface area contributed by atoms with Gasteiger partial charge in [0, 0.05) is 29.4 Å². The smallest absolute Gasteiger partial charge is 0.303 e. The van der Waals surface area contributed by atoms with E-state index in [1.165, 1.54) is 5.57 Å². The second-order valence-electron chi connectivity index (χ2n) is 8.18. The molecule has 0 radical (unpaired) electrons. The highest BCUT2D eigenvalue weighted by molar-refractivity contribution is 5.81. The van der Waals surface area contributed by atoms with Crippen molar-refractivity contribution in [2.75, 3.05) is 19.8 Å². The van der Waals surface area contributed by atoms with Gasteiger partial charge in [-0.25, -0.2) is 0 Å². The second-order valence-corrected chi connectivity index (χ2v) is 8.18. The number of ether oxygens (including phenoxy) is 3. The molecule has 0 saturated heterocycles. The van der Waals surface area contributed by atoms with E-state index < -0.39 is 5.97 Å². The van der Waals surface area contributed by atoms with E-state index >= 15 is 0 Å². The number of carboxylic acids is 1. The second kappa shape index (κ2) is 13.9. The number of benzene rings is 1. The van der Waals surface area contributed by atoms with Crippen molar-refractivity contribution in [3.8, 4) is 22.8 Å². The van der Waals surface area contributed by atoms with Crippen LogP contribution in [0, 0.1) is 0 Å². The summed E-state index contributed by atoms with van der Waals surface area (Å²) in [5.74, 6) is 0.837. The largest absolute Gasteiger partial charge is 0.493 e. The van der Waals surface area contributed by atoms with Gasteiger partial charge in [-0.15, -0.1) is 0 Å². The minimum atomic E-state index is -0.760. The van der Waals surface area contributed by atoms with Gasteiger partial charge >= 0.3 is 5.97 Å². The van der Waals surface area contributed by atoms with Crippen LogP contribution < -0.4 is 9.47 Å². The quantitative estimate of drug-likeness (QED) is 0.226. The normalized spacial score (nSPS) is 12.4. The summed E-state index contributed by atoms with van der Waals surface area (Å²) in [6.45, 7) is 2.01. The summed E-state index contributed by atoms with van der Waals surface area (Å²) in [4.78, 5) is 24.2. The lowest BCUT2D eigenvalue weighted by Gasteiger charge is -2.18. The zero-order valence-corrected chi connectivity index (χ0v) is 19.5. The summed E-state index contributed by atoms with van der Waals surface area (Å²) >= 11 is 0. The molecule has 0 bridgehead atoms. The van der Waals surface area contributed by atoms with E-state index in [-0.39, 0.29) is 6.42 Å². The molecule has 1 aliphatic carbocycles. The molecule has 1 heterocycles. The van der Waals surface area contributed by atoms with E-state index in [0.29, 0.717) is 32.7 Å². The molecule has 0 fully saturated rings. The van der Waals surface area contributed by atoms with Crippen LogP contribution in [0.1, 0.15) is 56.9 Å². The molecule has 7 heteroatoms. The predicted molar refractivity (Wildman–Crippen MR) is 131 cm³/mol. The number of aliphatic carboxylic acids is 1. The number of H-pyrrole nitrogens is 1. The lowest BCUT2D eigenvalue weighted by atomic mass is 9.99. The third kappa shape index (κ3) is 7.83. The number of carboxylic acid groups (broad SMARTS) is 1. The van der Waals surface area contributed by atoms with E-state index in [0.717, 1.165) is 66.8 Å². The van der Waals surface area contributed by atoms with Crippen molar-refractivity contribution < 1.29 is 28.9 Å². The first-order chi connectivity index (χ1) is 16.7. The van der Waals surface area contributed by atoms with Crippen LogP contribution in [-0.4, -0.2) is 42.4 Å². The number of hydrogen-bond acceptors (Lipinski definition) is 5. The molecule has 34 heavy (non-hydrogen) atoms. The molecule has 7 nitrogen and oxygen atoms in total. The van der Waals surface area contributed by atoms with Crippen LogP contribution in [0.15, 0.2) is 48.7 Å². The van der Waals surface area contributed by atoms with Crippen molar-refractivity contribution in [1.29, 1.82) is 0 Å². The first-order valence-electron chi connectivity index (χ1n) is 11.9. The monoisotopic (exact) mass is 467 g/mol. The number of hydrogen-bond donors (Lipinski definition) is 2. The van der Waals surface area contributed by atoms with Crippen LogP contribution in [-0.2, 0) is 14.3 Å². The van der Waals surface area contributed by atoms with Gasteiger partial charge in [-0.1, -0.05) is 18.2 Å². The van der Waals surface area contributed by atoms with Crippen molar-refractivity contribution >= 4 is 18.0 Å². The fraction of sp³-hybridized carbons (Fsp3) is 0.407. The summed E-state index contributed by atoms with van der Waals surface area (Å²) in [5.41, 5.74) is 4.08. The maximum absolute atomic E-state index is 10.7. The molecule has 2 aromatic rings. The Morgan fingerprint density at radius 3 is 2.32 bits per heavy atom. The van der Waals surface area contributed by atoms with Gasteiger partial charge in [0.25, 0.3) is 6.47 Å². The van der Waals surface area contributed by atoms with E-state index in [4.69, 9.17) is 19.3 Å². The number of carbonyl (C=O) groups excluding carboxylic acids is 1. The molecule has 1 aromatic heterocycles. The predicted octanol–water partition coefficient (Wildman–Crippen LogP) is 5.77. The Morgan fingerprint density at radius 2 is 1.68 bits per heavy atom. The number of nitrogens with one attached hydrogen (secondary N) is 1. The molecule has 0 spiro atoms. The molecule has 0 aliphatic heterocycles. The number of unbranched alkanes of at least 4 members (excludes halogenated alkanes) is 4. The van der Waals surface area contributed by atoms with Crippen molar-refractivity contribution in [2.24, 2.45) is 0 Å². The summed E-state index contributed by atoms with van der Waals surface area (Å²) in [7, 11) is 0. The lowest BCUT2D eigenvalue weighted by molar-refractivity contribution is -0.137. The van der Waals surface area contributed by atoms with Crippen molar-refractivity contribution in [2.45, 2.75) is 51.4 Å². The fourth-order valence-electron chi connectivity index (χ4n) is 3.84. The fourth-order valence-corrected chi connectivity index (χ4v) is 3.84. The standard InChI is InChI=1S/C27H33NO6/c29-20-32-15-6-2-8-17-34-26-18-22(21-10-4-5-11-21)25(19-23(26)24-12-9-14-28-24)33-16-7-1-3-13-27(30)31/h4-5,9-10,12,14,18-20,28H,1-3,6-8,11,13,15-17H2,(H,30,31). The molecular formula is C27H33NO6. The lowest BCUT2D eigenvalue weighted by Crippen LogP contribution is -2.04. The van der Waals surface area contributed by atoms with Gasteiger partial charge in [0.1, 0.15) is 11.5 Å². The van der Waals surface area contributed by atoms with Gasteiger partial charge < -0.3 is 24.3 Å². The molecule has 0 unspecified atom stereocenters. The van der Waals surface area contributed by atoms with Gasteiger partial charge in [-0.05, 0) is 74.8 Å². The third-order valence-corrected chi connectivity index (χ3v) is 5.61. The summed E-state index contributed by atoms with van der Waals surface area (Å²) < 4.78 is 17.2. The SMILES string of the molecule is O=COCCCCCOc1cc(C2=CC=CC2)c(OCCCCCC(=O)O)cc1-c1ccc[nH]1. The van der Waals surface area contributed by atoms with Gasteiger partial charge in [-0.3, -0.25) is 9.59 Å². The number of allylic oxidation sites excluding steroid dienone is 4. The minimum absolute atomic E-state index is 0.191. The molecule has 0 atom stereocenters. The van der Waals surface area contributed by atoms with Crippen LogP contribution in [0.25, 0.3) is 16.8 Å². The summed E-state index contributed by atoms with van der Waals surface area (Å²) in [6.07, 6.45) is 14.0. The van der Waals surface area contributed by atoms with E-state index in [1.807, 2.05) is 30.5 Å². The average Bonchev–Trinajstić information content (AvgIpc) is 3.55. The van der Waals surface area contributed by atoms with Gasteiger partial charge in [0.2, 0.25) is 0 Å². The molecule has 182 valence electrons. The van der Waals surface area contributed by atoms with E-state index in [1.54, 1.807) is 0 Å². The van der Waals surface area contributed by atoms with E-state index in [2.05, 4.69) is 23.2 Å². The molecule has 2 N–H and O–H groups in total. The number of aromatic amines is 1. The highest BCUT2D eigenvalue weighted by atomic mass is 16.5. The number of carbonyl (C=O) groups is 2. The molecule has 1 aromatic carbocycles. The zero-order valence-electron chi connectivity index (χ0n) is 19.5. The van der Waals surface area contributed by atoms with Crippen LogP contribution in [0.3, 0.4) is 0 Å². The molecule has 3 rings (SSSR count). The third-order valence-electron chi connectivity index (χ3n) is 5.61. The molecule has 1 aliphatic rings. The van der Waals surface area contributed by atoms with Crippen molar-refractivity contribution in [3.63, 3.8) is 0 Å². The first kappa shape index (κ1) is 25.1. The molecular weight excluding hydrogens is 434 g/mol. The van der Waals surface area contributed by atoms with Crippen LogP contribution in [0.2, 0.25) is 0 Å². The number of rotatable bonds is 17. The Morgan fingerprint density at radius 1 is 0.971 bits per heavy atom. The Bertz CT molecular complexity index is 977.